The van der Waals surface area contributed by atoms with Gasteiger partial charge >= 0.3 is 0 Å². The van der Waals surface area contributed by atoms with Crippen molar-refractivity contribution in [1.29, 1.82) is 0 Å². The molecule has 0 N–H and O–H groups in total. The van der Waals surface area contributed by atoms with E-state index in [0.29, 0.717) is 12.1 Å². The summed E-state index contributed by atoms with van der Waals surface area (Å²) in [4.78, 5) is 16.8. The Balaban J connectivity index is 1.63. The second kappa shape index (κ2) is 6.24. The fourth-order valence-electron chi connectivity index (χ4n) is 3.37. The molecule has 0 aliphatic carbocycles. The highest BCUT2D eigenvalue weighted by Crippen LogP contribution is 2.33. The molecule has 2 aromatic carbocycles. The first kappa shape index (κ1) is 15.1. The van der Waals surface area contributed by atoms with Crippen molar-refractivity contribution in [3.63, 3.8) is 0 Å². The second-order valence-corrected chi connectivity index (χ2v) is 6.13. The van der Waals surface area contributed by atoms with Gasteiger partial charge in [0, 0.05) is 36.6 Å². The number of benzene rings is 2. The van der Waals surface area contributed by atoms with Gasteiger partial charge in [-0.25, -0.2) is 4.39 Å². The molecule has 0 unspecified atom stereocenters. The van der Waals surface area contributed by atoms with Crippen LogP contribution in [0.25, 0.3) is 0 Å². The predicted octanol–water partition coefficient (Wildman–Crippen LogP) is 2.87. The summed E-state index contributed by atoms with van der Waals surface area (Å²) in [5.74, 6) is -0.533. The smallest absolute Gasteiger partial charge is 0.258 e. The number of hydrogen-bond acceptors (Lipinski definition) is 3. The topological polar surface area (TPSA) is 32.8 Å². The van der Waals surface area contributed by atoms with Crippen molar-refractivity contribution >= 4 is 17.3 Å². The molecule has 2 aliphatic heterocycles. The lowest BCUT2D eigenvalue weighted by atomic mass is 10.1. The Kier molecular flexibility index (Phi) is 3.94. The lowest BCUT2D eigenvalue weighted by Gasteiger charge is -2.29. The number of carbonyl (C=O) groups excluding carboxylic acids is 1. The molecule has 2 heterocycles. The molecule has 0 radical (unpaired) electrons. The van der Waals surface area contributed by atoms with Crippen LogP contribution in [0.5, 0.6) is 0 Å². The minimum Gasteiger partial charge on any atom is -0.378 e. The number of fused-ring (bicyclic) bond motifs is 1. The zero-order valence-corrected chi connectivity index (χ0v) is 13.4. The van der Waals surface area contributed by atoms with Crippen LogP contribution in [-0.4, -0.2) is 38.8 Å². The lowest BCUT2D eigenvalue weighted by Crippen LogP contribution is -2.36. The highest BCUT2D eigenvalue weighted by atomic mass is 19.1. The SMILES string of the molecule is O=C(c1cccc(F)c1)N1CCc2ccc(N3CCOCC3)cc21. The summed E-state index contributed by atoms with van der Waals surface area (Å²) < 4.78 is 18.8. The van der Waals surface area contributed by atoms with Gasteiger partial charge in [-0.15, -0.1) is 0 Å². The highest BCUT2D eigenvalue weighted by molar-refractivity contribution is 6.07. The number of halogens is 1. The standard InChI is InChI=1S/C19H19FN2O2/c20-16-3-1-2-15(12-16)19(23)22-7-6-14-4-5-17(13-18(14)22)21-8-10-24-11-9-21/h1-5,12-13H,6-11H2. The summed E-state index contributed by atoms with van der Waals surface area (Å²) in [5.41, 5.74) is 3.60. The fourth-order valence-corrected chi connectivity index (χ4v) is 3.37. The molecule has 0 saturated carbocycles. The molecule has 2 aliphatic rings. The van der Waals surface area contributed by atoms with Crippen LogP contribution in [-0.2, 0) is 11.2 Å². The third-order valence-electron chi connectivity index (χ3n) is 4.66. The molecule has 1 saturated heterocycles. The van der Waals surface area contributed by atoms with Crippen molar-refractivity contribution in [2.75, 3.05) is 42.6 Å². The van der Waals surface area contributed by atoms with Gasteiger partial charge in [0.1, 0.15) is 5.82 Å². The van der Waals surface area contributed by atoms with E-state index in [0.717, 1.165) is 49.7 Å². The van der Waals surface area contributed by atoms with E-state index in [1.54, 1.807) is 17.0 Å². The quantitative estimate of drug-likeness (QED) is 0.851. The molecule has 1 amide bonds. The number of ether oxygens (including phenoxy) is 1. The molecule has 0 atom stereocenters. The average molecular weight is 326 g/mol. The van der Waals surface area contributed by atoms with Gasteiger partial charge in [0.15, 0.2) is 0 Å². The Morgan fingerprint density at radius 2 is 1.88 bits per heavy atom. The summed E-state index contributed by atoms with van der Waals surface area (Å²) in [6, 6.07) is 12.2. The van der Waals surface area contributed by atoms with Crippen LogP contribution in [0, 0.1) is 5.82 Å². The van der Waals surface area contributed by atoms with E-state index in [1.165, 1.54) is 12.1 Å². The minimum atomic E-state index is -0.387. The van der Waals surface area contributed by atoms with E-state index in [1.807, 2.05) is 0 Å². The first-order chi connectivity index (χ1) is 11.7. The van der Waals surface area contributed by atoms with Crippen LogP contribution in [0.15, 0.2) is 42.5 Å². The Labute approximate surface area is 140 Å². The molecule has 0 spiro atoms. The van der Waals surface area contributed by atoms with Crippen molar-refractivity contribution in [3.8, 4) is 0 Å². The molecular formula is C19H19FN2O2. The molecule has 0 bridgehead atoms. The van der Waals surface area contributed by atoms with Gasteiger partial charge in [0.05, 0.1) is 13.2 Å². The first-order valence-electron chi connectivity index (χ1n) is 8.25. The summed E-state index contributed by atoms with van der Waals surface area (Å²) in [6.07, 6.45) is 0.833. The molecule has 0 aromatic heterocycles. The van der Waals surface area contributed by atoms with Crippen molar-refractivity contribution in [2.24, 2.45) is 0 Å². The number of rotatable bonds is 2. The Hall–Kier alpha value is -2.40. The van der Waals surface area contributed by atoms with Gasteiger partial charge in [0.25, 0.3) is 5.91 Å². The monoisotopic (exact) mass is 326 g/mol. The maximum absolute atomic E-state index is 13.4. The van der Waals surface area contributed by atoms with E-state index < -0.39 is 0 Å². The van der Waals surface area contributed by atoms with Crippen molar-refractivity contribution in [2.45, 2.75) is 6.42 Å². The molecule has 5 heteroatoms. The highest BCUT2D eigenvalue weighted by Gasteiger charge is 2.27. The van der Waals surface area contributed by atoms with Gasteiger partial charge in [-0.3, -0.25) is 4.79 Å². The third-order valence-corrected chi connectivity index (χ3v) is 4.66. The van der Waals surface area contributed by atoms with Crippen molar-refractivity contribution in [3.05, 3.63) is 59.4 Å². The van der Waals surface area contributed by atoms with Gasteiger partial charge < -0.3 is 14.5 Å². The summed E-state index contributed by atoms with van der Waals surface area (Å²) in [5, 5.41) is 0. The van der Waals surface area contributed by atoms with E-state index in [-0.39, 0.29) is 11.7 Å². The summed E-state index contributed by atoms with van der Waals surface area (Å²) in [7, 11) is 0. The Morgan fingerprint density at radius 3 is 2.67 bits per heavy atom. The normalized spacial score (nSPS) is 17.0. The van der Waals surface area contributed by atoms with Gasteiger partial charge in [-0.05, 0) is 42.3 Å². The van der Waals surface area contributed by atoms with Gasteiger partial charge in [-0.2, -0.15) is 0 Å². The number of morpholine rings is 1. The molecule has 2 aromatic rings. The van der Waals surface area contributed by atoms with Crippen LogP contribution in [0.1, 0.15) is 15.9 Å². The number of carbonyl (C=O) groups is 1. The first-order valence-corrected chi connectivity index (χ1v) is 8.25. The van der Waals surface area contributed by atoms with Crippen LogP contribution in [0.4, 0.5) is 15.8 Å². The molecular weight excluding hydrogens is 307 g/mol. The molecule has 24 heavy (non-hydrogen) atoms. The minimum absolute atomic E-state index is 0.146. The number of anilines is 2. The van der Waals surface area contributed by atoms with Crippen molar-refractivity contribution in [1.82, 2.24) is 0 Å². The van der Waals surface area contributed by atoms with Crippen LogP contribution >= 0.6 is 0 Å². The van der Waals surface area contributed by atoms with E-state index in [9.17, 15) is 9.18 Å². The molecule has 4 rings (SSSR count). The maximum Gasteiger partial charge on any atom is 0.258 e. The lowest BCUT2D eigenvalue weighted by molar-refractivity contribution is 0.0989. The zero-order valence-electron chi connectivity index (χ0n) is 13.4. The number of amides is 1. The van der Waals surface area contributed by atoms with Gasteiger partial charge in [-0.1, -0.05) is 12.1 Å². The second-order valence-electron chi connectivity index (χ2n) is 6.13. The Morgan fingerprint density at radius 1 is 1.04 bits per heavy atom. The number of hydrogen-bond donors (Lipinski definition) is 0. The van der Waals surface area contributed by atoms with E-state index >= 15 is 0 Å². The van der Waals surface area contributed by atoms with Crippen molar-refractivity contribution < 1.29 is 13.9 Å². The molecule has 1 fully saturated rings. The third kappa shape index (κ3) is 2.76. The van der Waals surface area contributed by atoms with Gasteiger partial charge in [0.2, 0.25) is 0 Å². The van der Waals surface area contributed by atoms with Crippen LogP contribution in [0.3, 0.4) is 0 Å². The summed E-state index contributed by atoms with van der Waals surface area (Å²) >= 11 is 0. The Bertz CT molecular complexity index is 772. The van der Waals surface area contributed by atoms with E-state index in [2.05, 4.69) is 23.1 Å². The van der Waals surface area contributed by atoms with E-state index in [4.69, 9.17) is 4.74 Å². The zero-order chi connectivity index (χ0) is 16.5. The predicted molar refractivity (Wildman–Crippen MR) is 91.3 cm³/mol. The van der Waals surface area contributed by atoms with Crippen LogP contribution < -0.4 is 9.80 Å². The maximum atomic E-state index is 13.4. The molecule has 124 valence electrons. The van der Waals surface area contributed by atoms with Crippen LogP contribution in [0.2, 0.25) is 0 Å². The largest absolute Gasteiger partial charge is 0.378 e. The molecule has 4 nitrogen and oxygen atoms in total. The fraction of sp³-hybridized carbons (Fsp3) is 0.316. The summed E-state index contributed by atoms with van der Waals surface area (Å²) in [6.45, 7) is 3.80. The average Bonchev–Trinajstić information content (AvgIpc) is 3.05. The number of nitrogens with zero attached hydrogens (tertiary/aromatic N) is 2.